The van der Waals surface area contributed by atoms with Crippen LogP contribution in [0.15, 0.2) is 21.2 Å². The van der Waals surface area contributed by atoms with Gasteiger partial charge in [0.25, 0.3) is 0 Å². The van der Waals surface area contributed by atoms with Crippen LogP contribution in [0.4, 0.5) is 0 Å². The summed E-state index contributed by atoms with van der Waals surface area (Å²) in [4.78, 5) is 11.6. The van der Waals surface area contributed by atoms with Crippen LogP contribution in [0, 0.1) is 5.41 Å². The van der Waals surface area contributed by atoms with Gasteiger partial charge in [0, 0.05) is 18.3 Å². The third-order valence-electron chi connectivity index (χ3n) is 2.11. The van der Waals surface area contributed by atoms with E-state index in [2.05, 4.69) is 15.9 Å². The first-order valence-electron chi connectivity index (χ1n) is 4.66. The van der Waals surface area contributed by atoms with Gasteiger partial charge in [0.05, 0.1) is 10.7 Å². The Morgan fingerprint density at radius 3 is 2.57 bits per heavy atom. The summed E-state index contributed by atoms with van der Waals surface area (Å²) in [6.07, 6.45) is 2.83. The standard InChI is InChI=1S/C11H15BrO2/c1-11(2,3)10(13)5-4-9-8(12)6-7-14-9/h6-7H,4-5H2,1-3H3. The summed E-state index contributed by atoms with van der Waals surface area (Å²) in [5.74, 6) is 1.11. The van der Waals surface area contributed by atoms with Crippen molar-refractivity contribution in [3.05, 3.63) is 22.6 Å². The van der Waals surface area contributed by atoms with Crippen LogP contribution in [-0.4, -0.2) is 5.78 Å². The average Bonchev–Trinajstić information content (AvgIpc) is 2.45. The molecule has 2 nitrogen and oxygen atoms in total. The molecule has 0 saturated carbocycles. The fraction of sp³-hybridized carbons (Fsp3) is 0.545. The van der Waals surface area contributed by atoms with Gasteiger partial charge in [-0.05, 0) is 22.0 Å². The number of furan rings is 1. The maximum absolute atomic E-state index is 11.6. The van der Waals surface area contributed by atoms with Crippen LogP contribution in [-0.2, 0) is 11.2 Å². The van der Waals surface area contributed by atoms with Gasteiger partial charge in [-0.15, -0.1) is 0 Å². The second-order valence-corrected chi connectivity index (χ2v) is 5.22. The molecule has 0 amide bonds. The molecule has 0 bridgehead atoms. The Morgan fingerprint density at radius 1 is 1.50 bits per heavy atom. The molecular weight excluding hydrogens is 244 g/mol. The van der Waals surface area contributed by atoms with Crippen LogP contribution >= 0.6 is 15.9 Å². The Labute approximate surface area is 92.8 Å². The van der Waals surface area contributed by atoms with Crippen molar-refractivity contribution in [2.75, 3.05) is 0 Å². The first kappa shape index (κ1) is 11.5. The maximum Gasteiger partial charge on any atom is 0.138 e. The molecule has 3 heteroatoms. The largest absolute Gasteiger partial charge is 0.468 e. The van der Waals surface area contributed by atoms with E-state index in [4.69, 9.17) is 4.42 Å². The van der Waals surface area contributed by atoms with Gasteiger partial charge in [-0.25, -0.2) is 0 Å². The number of ketones is 1. The van der Waals surface area contributed by atoms with E-state index in [1.165, 1.54) is 0 Å². The van der Waals surface area contributed by atoms with Crippen LogP contribution in [0.25, 0.3) is 0 Å². The summed E-state index contributed by atoms with van der Waals surface area (Å²) < 4.78 is 6.17. The second-order valence-electron chi connectivity index (χ2n) is 4.36. The molecule has 78 valence electrons. The Balaban J connectivity index is 2.50. The lowest BCUT2D eigenvalue weighted by Gasteiger charge is -2.15. The fourth-order valence-electron chi connectivity index (χ4n) is 1.11. The SMILES string of the molecule is CC(C)(C)C(=O)CCc1occc1Br. The van der Waals surface area contributed by atoms with E-state index in [9.17, 15) is 4.79 Å². The molecule has 0 unspecified atom stereocenters. The number of rotatable bonds is 3. The summed E-state index contributed by atoms with van der Waals surface area (Å²) in [6, 6.07) is 1.84. The van der Waals surface area contributed by atoms with Crippen molar-refractivity contribution >= 4 is 21.7 Å². The van der Waals surface area contributed by atoms with E-state index in [-0.39, 0.29) is 11.2 Å². The Kier molecular flexibility index (Phi) is 3.53. The van der Waals surface area contributed by atoms with E-state index in [0.717, 1.165) is 10.2 Å². The van der Waals surface area contributed by atoms with Crippen molar-refractivity contribution in [2.45, 2.75) is 33.6 Å². The quantitative estimate of drug-likeness (QED) is 0.830. The maximum atomic E-state index is 11.6. The topological polar surface area (TPSA) is 30.2 Å². The number of Topliss-reactive ketones (excluding diaryl/α,β-unsaturated/α-hetero) is 1. The highest BCUT2D eigenvalue weighted by Crippen LogP contribution is 2.22. The lowest BCUT2D eigenvalue weighted by atomic mass is 9.88. The van der Waals surface area contributed by atoms with Crippen molar-refractivity contribution in [1.29, 1.82) is 0 Å². The van der Waals surface area contributed by atoms with Crippen molar-refractivity contribution in [3.8, 4) is 0 Å². The van der Waals surface area contributed by atoms with Crippen LogP contribution in [0.2, 0.25) is 0 Å². The van der Waals surface area contributed by atoms with Gasteiger partial charge in [0.15, 0.2) is 0 Å². The zero-order valence-corrected chi connectivity index (χ0v) is 10.3. The van der Waals surface area contributed by atoms with Crippen LogP contribution in [0.3, 0.4) is 0 Å². The molecule has 0 radical (unpaired) electrons. The van der Waals surface area contributed by atoms with Gasteiger partial charge >= 0.3 is 0 Å². The summed E-state index contributed by atoms with van der Waals surface area (Å²) in [5, 5.41) is 0. The van der Waals surface area contributed by atoms with E-state index >= 15 is 0 Å². The lowest BCUT2D eigenvalue weighted by molar-refractivity contribution is -0.126. The minimum Gasteiger partial charge on any atom is -0.468 e. The normalized spacial score (nSPS) is 11.7. The van der Waals surface area contributed by atoms with Crippen LogP contribution in [0.1, 0.15) is 33.0 Å². The molecule has 0 fully saturated rings. The zero-order chi connectivity index (χ0) is 10.8. The predicted octanol–water partition coefficient (Wildman–Crippen LogP) is 3.59. The number of halogens is 1. The summed E-state index contributed by atoms with van der Waals surface area (Å²) in [7, 11) is 0. The molecule has 0 aliphatic carbocycles. The van der Waals surface area contributed by atoms with Crippen molar-refractivity contribution in [1.82, 2.24) is 0 Å². The number of aryl methyl sites for hydroxylation is 1. The van der Waals surface area contributed by atoms with Gasteiger partial charge in [-0.3, -0.25) is 4.79 Å². The van der Waals surface area contributed by atoms with Crippen LogP contribution < -0.4 is 0 Å². The molecule has 0 saturated heterocycles. The molecule has 0 N–H and O–H groups in total. The zero-order valence-electron chi connectivity index (χ0n) is 8.76. The Bertz CT molecular complexity index is 320. The highest BCUT2D eigenvalue weighted by atomic mass is 79.9. The molecule has 0 aromatic carbocycles. The number of carbonyl (C=O) groups excluding carboxylic acids is 1. The van der Waals surface area contributed by atoms with Crippen LogP contribution in [0.5, 0.6) is 0 Å². The Hall–Kier alpha value is -0.570. The van der Waals surface area contributed by atoms with Crippen molar-refractivity contribution < 1.29 is 9.21 Å². The highest BCUT2D eigenvalue weighted by molar-refractivity contribution is 9.10. The second kappa shape index (κ2) is 4.30. The molecule has 1 aromatic rings. The first-order chi connectivity index (χ1) is 6.41. The number of carbonyl (C=O) groups is 1. The summed E-state index contributed by atoms with van der Waals surface area (Å²) in [6.45, 7) is 5.81. The molecule has 0 spiro atoms. The molecule has 0 aliphatic heterocycles. The van der Waals surface area contributed by atoms with Gasteiger partial charge < -0.3 is 4.42 Å². The number of hydrogen-bond acceptors (Lipinski definition) is 2. The first-order valence-corrected chi connectivity index (χ1v) is 5.46. The van der Waals surface area contributed by atoms with E-state index < -0.39 is 0 Å². The summed E-state index contributed by atoms with van der Waals surface area (Å²) in [5.41, 5.74) is -0.251. The Morgan fingerprint density at radius 2 is 2.14 bits per heavy atom. The highest BCUT2D eigenvalue weighted by Gasteiger charge is 2.21. The molecule has 14 heavy (non-hydrogen) atoms. The average molecular weight is 259 g/mol. The monoisotopic (exact) mass is 258 g/mol. The minimum atomic E-state index is -0.251. The van der Waals surface area contributed by atoms with Gasteiger partial charge in [0.1, 0.15) is 11.5 Å². The van der Waals surface area contributed by atoms with E-state index in [0.29, 0.717) is 12.8 Å². The molecule has 0 aliphatic rings. The van der Waals surface area contributed by atoms with E-state index in [1.54, 1.807) is 6.26 Å². The minimum absolute atomic E-state index is 0.251. The summed E-state index contributed by atoms with van der Waals surface area (Å²) >= 11 is 3.36. The van der Waals surface area contributed by atoms with Crippen molar-refractivity contribution in [2.24, 2.45) is 5.41 Å². The third kappa shape index (κ3) is 2.98. The van der Waals surface area contributed by atoms with E-state index in [1.807, 2.05) is 26.8 Å². The molecule has 0 atom stereocenters. The van der Waals surface area contributed by atoms with Gasteiger partial charge in [-0.2, -0.15) is 0 Å². The number of hydrogen-bond donors (Lipinski definition) is 0. The smallest absolute Gasteiger partial charge is 0.138 e. The fourth-order valence-corrected chi connectivity index (χ4v) is 1.51. The molecule has 1 heterocycles. The third-order valence-corrected chi connectivity index (χ3v) is 2.81. The van der Waals surface area contributed by atoms with Gasteiger partial charge in [-0.1, -0.05) is 20.8 Å². The predicted molar refractivity (Wildman–Crippen MR) is 59.2 cm³/mol. The molecular formula is C11H15BrO2. The van der Waals surface area contributed by atoms with Crippen molar-refractivity contribution in [3.63, 3.8) is 0 Å². The molecule has 1 aromatic heterocycles. The van der Waals surface area contributed by atoms with Gasteiger partial charge in [0.2, 0.25) is 0 Å². The molecule has 1 rings (SSSR count). The lowest BCUT2D eigenvalue weighted by Crippen LogP contribution is -2.20.